The third-order valence-corrected chi connectivity index (χ3v) is 2.54. The Labute approximate surface area is 100 Å². The van der Waals surface area contributed by atoms with Crippen molar-refractivity contribution in [3.8, 4) is 0 Å². The van der Waals surface area contributed by atoms with Gasteiger partial charge < -0.3 is 9.80 Å². The zero-order chi connectivity index (χ0) is 12.7. The lowest BCUT2D eigenvalue weighted by molar-refractivity contribution is 0.243. The topological polar surface area (TPSA) is 18.8 Å². The summed E-state index contributed by atoms with van der Waals surface area (Å²) in [4.78, 5) is 8.59. The van der Waals surface area contributed by atoms with E-state index in [2.05, 4.69) is 48.8 Å². The molecule has 0 aliphatic heterocycles. The van der Waals surface area contributed by atoms with Crippen molar-refractivity contribution in [2.24, 2.45) is 4.99 Å². The zero-order valence-corrected chi connectivity index (χ0v) is 11.3. The Bertz CT molecular complexity index is 266. The molecule has 0 radical (unpaired) electrons. The Morgan fingerprint density at radius 3 is 2.25 bits per heavy atom. The minimum Gasteiger partial charge on any atom is -0.359 e. The zero-order valence-electron chi connectivity index (χ0n) is 11.3. The van der Waals surface area contributed by atoms with E-state index in [0.717, 1.165) is 24.5 Å². The summed E-state index contributed by atoms with van der Waals surface area (Å²) in [7, 11) is 4.13. The Morgan fingerprint density at radius 1 is 1.25 bits per heavy atom. The number of hydrogen-bond acceptors (Lipinski definition) is 3. The fraction of sp³-hybridized carbons (Fsp3) is 0.615. The van der Waals surface area contributed by atoms with Crippen LogP contribution in [0.3, 0.4) is 0 Å². The average Bonchev–Trinajstić information content (AvgIpc) is 2.21. The van der Waals surface area contributed by atoms with Crippen LogP contribution in [0.15, 0.2) is 29.5 Å². The molecule has 0 aromatic rings. The van der Waals surface area contributed by atoms with Crippen LogP contribution in [-0.4, -0.2) is 49.2 Å². The molecule has 0 N–H and O–H groups in total. The minimum atomic E-state index is 0.570. The minimum absolute atomic E-state index is 0.570. The van der Waals surface area contributed by atoms with Crippen molar-refractivity contribution in [1.29, 1.82) is 0 Å². The van der Waals surface area contributed by atoms with E-state index in [1.54, 1.807) is 6.21 Å². The van der Waals surface area contributed by atoms with E-state index in [4.69, 9.17) is 0 Å². The smallest absolute Gasteiger partial charge is 0.120 e. The summed E-state index contributed by atoms with van der Waals surface area (Å²) in [5.74, 6) is 0.778. The molecule has 0 unspecified atom stereocenters. The van der Waals surface area contributed by atoms with Gasteiger partial charge in [-0.25, -0.2) is 4.99 Å². The highest BCUT2D eigenvalue weighted by Gasteiger charge is 2.05. The van der Waals surface area contributed by atoms with Crippen LogP contribution < -0.4 is 0 Å². The lowest BCUT2D eigenvalue weighted by atomic mass is 10.3. The molecule has 0 atom stereocenters. The van der Waals surface area contributed by atoms with Gasteiger partial charge in [-0.15, -0.1) is 0 Å². The molecule has 0 aromatic heterocycles. The van der Waals surface area contributed by atoms with Crippen LogP contribution in [-0.2, 0) is 0 Å². The van der Waals surface area contributed by atoms with Crippen LogP contribution in [0.25, 0.3) is 0 Å². The summed E-state index contributed by atoms with van der Waals surface area (Å²) >= 11 is 0. The first-order chi connectivity index (χ1) is 7.34. The lowest BCUT2D eigenvalue weighted by Gasteiger charge is -2.25. The van der Waals surface area contributed by atoms with Crippen LogP contribution in [0, 0.1) is 0 Å². The molecule has 0 saturated carbocycles. The third kappa shape index (κ3) is 6.40. The summed E-state index contributed by atoms with van der Waals surface area (Å²) in [6.45, 7) is 15.9. The second kappa shape index (κ2) is 7.23. The average molecular weight is 223 g/mol. The van der Waals surface area contributed by atoms with Crippen molar-refractivity contribution in [1.82, 2.24) is 9.80 Å². The first kappa shape index (κ1) is 14.9. The number of hydrogen-bond donors (Lipinski definition) is 0. The van der Waals surface area contributed by atoms with Crippen molar-refractivity contribution in [3.05, 3.63) is 24.6 Å². The van der Waals surface area contributed by atoms with Gasteiger partial charge in [0.25, 0.3) is 0 Å². The second-order valence-electron chi connectivity index (χ2n) is 4.52. The van der Waals surface area contributed by atoms with E-state index in [1.807, 2.05) is 14.0 Å². The highest BCUT2D eigenvalue weighted by molar-refractivity contribution is 5.77. The number of aliphatic imine (C=N–C) groups is 1. The van der Waals surface area contributed by atoms with Crippen molar-refractivity contribution in [2.45, 2.75) is 26.8 Å². The highest BCUT2D eigenvalue weighted by atomic mass is 15.2. The van der Waals surface area contributed by atoms with Gasteiger partial charge in [0.15, 0.2) is 0 Å². The molecule has 0 saturated heterocycles. The molecule has 3 heteroatoms. The first-order valence-electron chi connectivity index (χ1n) is 5.64. The van der Waals surface area contributed by atoms with Gasteiger partial charge in [0, 0.05) is 32.4 Å². The Hall–Kier alpha value is -1.09. The van der Waals surface area contributed by atoms with E-state index in [9.17, 15) is 0 Å². The summed E-state index contributed by atoms with van der Waals surface area (Å²) in [5.41, 5.74) is 0.939. The van der Waals surface area contributed by atoms with Crippen LogP contribution in [0.2, 0.25) is 0 Å². The van der Waals surface area contributed by atoms with Gasteiger partial charge in [0.05, 0.1) is 0 Å². The first-order valence-corrected chi connectivity index (χ1v) is 5.64. The maximum absolute atomic E-state index is 4.23. The largest absolute Gasteiger partial charge is 0.359 e. The third-order valence-electron chi connectivity index (χ3n) is 2.54. The Morgan fingerprint density at radius 2 is 1.81 bits per heavy atom. The highest BCUT2D eigenvalue weighted by Crippen LogP contribution is 2.01. The standard InChI is InChI=1S/C13H25N3/c1-11(2)10-14-13(5)16(7)9-8-15(6)12(3)4/h10,12H,1,5,8-9H2,2-4,6-7H3/b14-10-. The van der Waals surface area contributed by atoms with Gasteiger partial charge >= 0.3 is 0 Å². The SMILES string of the molecule is C=C(C)/C=N\C(=C)N(C)CCN(C)C(C)C. The lowest BCUT2D eigenvalue weighted by Crippen LogP contribution is -2.34. The van der Waals surface area contributed by atoms with E-state index in [1.165, 1.54) is 0 Å². The van der Waals surface area contributed by atoms with Crippen LogP contribution >= 0.6 is 0 Å². The van der Waals surface area contributed by atoms with Gasteiger partial charge in [-0.1, -0.05) is 13.2 Å². The van der Waals surface area contributed by atoms with Gasteiger partial charge in [-0.05, 0) is 33.4 Å². The molecular formula is C13H25N3. The molecule has 0 bridgehead atoms. The molecule has 0 heterocycles. The van der Waals surface area contributed by atoms with E-state index in [0.29, 0.717) is 6.04 Å². The number of allylic oxidation sites excluding steroid dienone is 1. The van der Waals surface area contributed by atoms with Gasteiger partial charge in [0.2, 0.25) is 0 Å². The van der Waals surface area contributed by atoms with Crippen molar-refractivity contribution >= 4 is 6.21 Å². The summed E-state index contributed by atoms with van der Waals surface area (Å²) in [6, 6.07) is 0.570. The Kier molecular flexibility index (Phi) is 6.74. The fourth-order valence-electron chi connectivity index (χ4n) is 0.978. The van der Waals surface area contributed by atoms with E-state index >= 15 is 0 Å². The van der Waals surface area contributed by atoms with Gasteiger partial charge in [0.1, 0.15) is 5.82 Å². The predicted octanol–water partition coefficient (Wildman–Crippen LogP) is 2.38. The molecule has 16 heavy (non-hydrogen) atoms. The van der Waals surface area contributed by atoms with Crippen LogP contribution in [0.5, 0.6) is 0 Å². The van der Waals surface area contributed by atoms with Crippen LogP contribution in [0.1, 0.15) is 20.8 Å². The molecule has 0 rings (SSSR count). The molecule has 0 fully saturated rings. The van der Waals surface area contributed by atoms with Crippen LogP contribution in [0.4, 0.5) is 0 Å². The number of rotatable bonds is 7. The molecule has 0 aromatic carbocycles. The monoisotopic (exact) mass is 223 g/mol. The molecule has 0 aliphatic rings. The number of nitrogens with zero attached hydrogens (tertiary/aromatic N) is 3. The quantitative estimate of drug-likeness (QED) is 0.617. The Balaban J connectivity index is 4.02. The molecule has 92 valence electrons. The summed E-state index contributed by atoms with van der Waals surface area (Å²) < 4.78 is 0. The molecule has 3 nitrogen and oxygen atoms in total. The van der Waals surface area contributed by atoms with E-state index < -0.39 is 0 Å². The van der Waals surface area contributed by atoms with Crippen molar-refractivity contribution in [3.63, 3.8) is 0 Å². The molecule has 0 aliphatic carbocycles. The maximum Gasteiger partial charge on any atom is 0.120 e. The summed E-state index contributed by atoms with van der Waals surface area (Å²) in [5, 5.41) is 0. The maximum atomic E-state index is 4.23. The summed E-state index contributed by atoms with van der Waals surface area (Å²) in [6.07, 6.45) is 1.74. The fourth-order valence-corrected chi connectivity index (χ4v) is 0.978. The van der Waals surface area contributed by atoms with Gasteiger partial charge in [-0.3, -0.25) is 0 Å². The normalized spacial score (nSPS) is 11.4. The molecule has 0 amide bonds. The molecular weight excluding hydrogens is 198 g/mol. The number of likely N-dealkylation sites (N-methyl/N-ethyl adjacent to an activating group) is 2. The second-order valence-corrected chi connectivity index (χ2v) is 4.52. The van der Waals surface area contributed by atoms with Crippen molar-refractivity contribution in [2.75, 3.05) is 27.2 Å². The molecule has 0 spiro atoms. The van der Waals surface area contributed by atoms with Gasteiger partial charge in [-0.2, -0.15) is 0 Å². The van der Waals surface area contributed by atoms with E-state index in [-0.39, 0.29) is 0 Å². The van der Waals surface area contributed by atoms with Crippen molar-refractivity contribution < 1.29 is 0 Å². The predicted molar refractivity (Wildman–Crippen MR) is 72.8 cm³/mol.